The maximum Gasteiger partial charge on any atom is 0.191 e. The molecule has 0 aromatic carbocycles. The Morgan fingerprint density at radius 3 is 2.88 bits per heavy atom. The summed E-state index contributed by atoms with van der Waals surface area (Å²) in [5.41, 5.74) is 1.13. The van der Waals surface area contributed by atoms with E-state index in [2.05, 4.69) is 27.6 Å². The Morgan fingerprint density at radius 1 is 1.59 bits per heavy atom. The highest BCUT2D eigenvalue weighted by Crippen LogP contribution is 2.18. The summed E-state index contributed by atoms with van der Waals surface area (Å²) in [7, 11) is 1.92. The molecule has 1 fully saturated rings. The third-order valence-electron chi connectivity index (χ3n) is 2.44. The van der Waals surface area contributed by atoms with E-state index in [-0.39, 0.29) is 24.0 Å². The minimum atomic E-state index is 0. The molecule has 0 spiro atoms. The second-order valence-electron chi connectivity index (χ2n) is 4.14. The number of aryl methyl sites for hydroxylation is 1. The first kappa shape index (κ1) is 14.3. The van der Waals surface area contributed by atoms with E-state index >= 15 is 0 Å². The van der Waals surface area contributed by atoms with Crippen LogP contribution in [0.5, 0.6) is 0 Å². The quantitative estimate of drug-likeness (QED) is 0.489. The van der Waals surface area contributed by atoms with Gasteiger partial charge in [0.2, 0.25) is 0 Å². The molecule has 2 rings (SSSR count). The number of rotatable bonds is 4. The van der Waals surface area contributed by atoms with E-state index in [4.69, 9.17) is 0 Å². The fourth-order valence-electron chi connectivity index (χ4n) is 1.46. The summed E-state index contributed by atoms with van der Waals surface area (Å²) in [6.07, 6.45) is 6.36. The predicted octanol–water partition coefficient (Wildman–Crippen LogP) is 1.26. The lowest BCUT2D eigenvalue weighted by Gasteiger charge is -2.09. The minimum Gasteiger partial charge on any atom is -0.357 e. The van der Waals surface area contributed by atoms with Crippen LogP contribution in [0.1, 0.15) is 25.3 Å². The Bertz CT molecular complexity index is 370. The van der Waals surface area contributed by atoms with Crippen LogP contribution in [-0.2, 0) is 13.6 Å². The fourth-order valence-corrected chi connectivity index (χ4v) is 1.46. The number of nitrogens with one attached hydrogen (secondary N) is 2. The van der Waals surface area contributed by atoms with Crippen molar-refractivity contribution in [2.75, 3.05) is 6.54 Å². The maximum atomic E-state index is 4.52. The van der Waals surface area contributed by atoms with Crippen LogP contribution in [-0.4, -0.2) is 28.3 Å². The normalized spacial score (nSPS) is 15.3. The summed E-state index contributed by atoms with van der Waals surface area (Å²) in [6, 6.07) is 0.631. The van der Waals surface area contributed by atoms with Gasteiger partial charge in [0.25, 0.3) is 0 Å². The molecular weight excluding hydrogens is 329 g/mol. The van der Waals surface area contributed by atoms with Gasteiger partial charge in [0.1, 0.15) is 0 Å². The standard InChI is InChI=1S/C11H19N5.HI/c1-3-12-11(15-10-4-5-10)13-6-9-7-14-16(2)8-9;/h7-8,10H,3-6H2,1-2H3,(H2,12,13,15);1H. The number of halogens is 1. The molecule has 6 heteroatoms. The van der Waals surface area contributed by atoms with E-state index in [0.29, 0.717) is 12.6 Å². The first-order valence-electron chi connectivity index (χ1n) is 5.80. The molecule has 1 aliphatic carbocycles. The highest BCUT2D eigenvalue weighted by atomic mass is 127. The number of hydrogen-bond donors (Lipinski definition) is 2. The number of aliphatic imine (C=N–C) groups is 1. The summed E-state index contributed by atoms with van der Waals surface area (Å²) in [4.78, 5) is 4.52. The third kappa shape index (κ3) is 4.93. The average Bonchev–Trinajstić information content (AvgIpc) is 2.97. The maximum absolute atomic E-state index is 4.52. The Kier molecular flexibility index (Phi) is 5.73. The molecule has 0 unspecified atom stereocenters. The van der Waals surface area contributed by atoms with E-state index < -0.39 is 0 Å². The monoisotopic (exact) mass is 349 g/mol. The molecule has 1 aromatic heterocycles. The van der Waals surface area contributed by atoms with Crippen molar-refractivity contribution >= 4 is 29.9 Å². The first-order chi connectivity index (χ1) is 7.78. The van der Waals surface area contributed by atoms with Crippen LogP contribution in [0, 0.1) is 0 Å². The van der Waals surface area contributed by atoms with Gasteiger partial charge in [-0.15, -0.1) is 24.0 Å². The zero-order chi connectivity index (χ0) is 11.4. The predicted molar refractivity (Wildman–Crippen MR) is 79.6 cm³/mol. The number of aromatic nitrogens is 2. The molecule has 0 radical (unpaired) electrons. The van der Waals surface area contributed by atoms with E-state index in [1.54, 1.807) is 4.68 Å². The van der Waals surface area contributed by atoms with Crippen molar-refractivity contribution in [1.29, 1.82) is 0 Å². The van der Waals surface area contributed by atoms with Crippen LogP contribution in [0.2, 0.25) is 0 Å². The third-order valence-corrected chi connectivity index (χ3v) is 2.44. The zero-order valence-corrected chi connectivity index (χ0v) is 12.6. The lowest BCUT2D eigenvalue weighted by Crippen LogP contribution is -2.38. The van der Waals surface area contributed by atoms with Crippen molar-refractivity contribution in [3.8, 4) is 0 Å². The fraction of sp³-hybridized carbons (Fsp3) is 0.636. The van der Waals surface area contributed by atoms with Crippen LogP contribution in [0.4, 0.5) is 0 Å². The first-order valence-corrected chi connectivity index (χ1v) is 5.80. The molecule has 96 valence electrons. The number of hydrogen-bond acceptors (Lipinski definition) is 2. The van der Waals surface area contributed by atoms with Crippen LogP contribution >= 0.6 is 24.0 Å². The van der Waals surface area contributed by atoms with Gasteiger partial charge in [-0.3, -0.25) is 4.68 Å². The van der Waals surface area contributed by atoms with E-state index in [9.17, 15) is 0 Å². The summed E-state index contributed by atoms with van der Waals surface area (Å²) < 4.78 is 1.80. The zero-order valence-electron chi connectivity index (χ0n) is 10.3. The summed E-state index contributed by atoms with van der Waals surface area (Å²) >= 11 is 0. The molecule has 1 aliphatic rings. The van der Waals surface area contributed by atoms with Gasteiger partial charge in [0.05, 0.1) is 12.7 Å². The summed E-state index contributed by atoms with van der Waals surface area (Å²) in [5.74, 6) is 0.911. The molecule has 1 heterocycles. The number of nitrogens with zero attached hydrogens (tertiary/aromatic N) is 3. The van der Waals surface area contributed by atoms with Crippen LogP contribution < -0.4 is 10.6 Å². The molecule has 0 amide bonds. The smallest absolute Gasteiger partial charge is 0.191 e. The minimum absolute atomic E-state index is 0. The van der Waals surface area contributed by atoms with E-state index in [1.165, 1.54) is 12.8 Å². The van der Waals surface area contributed by atoms with Gasteiger partial charge in [-0.2, -0.15) is 5.10 Å². The van der Waals surface area contributed by atoms with Crippen molar-refractivity contribution in [1.82, 2.24) is 20.4 Å². The van der Waals surface area contributed by atoms with Gasteiger partial charge in [-0.05, 0) is 19.8 Å². The van der Waals surface area contributed by atoms with Crippen molar-refractivity contribution in [3.63, 3.8) is 0 Å². The lowest BCUT2D eigenvalue weighted by atomic mass is 10.4. The largest absolute Gasteiger partial charge is 0.357 e. The molecular formula is C11H20IN5. The molecule has 5 nitrogen and oxygen atoms in total. The SMILES string of the molecule is CCNC(=NCc1cnn(C)c1)NC1CC1.I. The molecule has 0 saturated heterocycles. The van der Waals surface area contributed by atoms with Gasteiger partial charge in [0.15, 0.2) is 5.96 Å². The van der Waals surface area contributed by atoms with E-state index in [0.717, 1.165) is 18.1 Å². The Labute approximate surface area is 119 Å². The molecule has 1 saturated carbocycles. The summed E-state index contributed by atoms with van der Waals surface area (Å²) in [6.45, 7) is 3.65. The molecule has 17 heavy (non-hydrogen) atoms. The van der Waals surface area contributed by atoms with Crippen LogP contribution in [0.15, 0.2) is 17.4 Å². The van der Waals surface area contributed by atoms with Crippen molar-refractivity contribution < 1.29 is 0 Å². The highest BCUT2D eigenvalue weighted by molar-refractivity contribution is 14.0. The van der Waals surface area contributed by atoms with Gasteiger partial charge < -0.3 is 10.6 Å². The second-order valence-corrected chi connectivity index (χ2v) is 4.14. The second kappa shape index (κ2) is 6.83. The lowest BCUT2D eigenvalue weighted by molar-refractivity contribution is 0.766. The van der Waals surface area contributed by atoms with Gasteiger partial charge in [-0.25, -0.2) is 4.99 Å². The van der Waals surface area contributed by atoms with Gasteiger partial charge in [-0.1, -0.05) is 0 Å². The Morgan fingerprint density at radius 2 is 2.35 bits per heavy atom. The average molecular weight is 349 g/mol. The van der Waals surface area contributed by atoms with Crippen molar-refractivity contribution in [2.45, 2.75) is 32.4 Å². The van der Waals surface area contributed by atoms with Crippen molar-refractivity contribution in [3.05, 3.63) is 18.0 Å². The molecule has 0 bridgehead atoms. The Balaban J connectivity index is 0.00000144. The van der Waals surface area contributed by atoms with Crippen molar-refractivity contribution in [2.24, 2.45) is 12.0 Å². The summed E-state index contributed by atoms with van der Waals surface area (Å²) in [5, 5.41) is 10.7. The van der Waals surface area contributed by atoms with Crippen LogP contribution in [0.25, 0.3) is 0 Å². The van der Waals surface area contributed by atoms with Gasteiger partial charge >= 0.3 is 0 Å². The molecule has 2 N–H and O–H groups in total. The molecule has 0 aliphatic heterocycles. The Hall–Kier alpha value is -0.790. The van der Waals surface area contributed by atoms with Crippen LogP contribution in [0.3, 0.4) is 0 Å². The van der Waals surface area contributed by atoms with E-state index in [1.807, 2.05) is 19.4 Å². The molecule has 0 atom stereocenters. The van der Waals surface area contributed by atoms with Gasteiger partial charge in [0, 0.05) is 31.4 Å². The molecule has 1 aromatic rings. The highest BCUT2D eigenvalue weighted by Gasteiger charge is 2.21. The number of guanidine groups is 1. The topological polar surface area (TPSA) is 54.2 Å².